The van der Waals surface area contributed by atoms with Crippen LogP contribution in [0, 0.1) is 0 Å². The van der Waals surface area contributed by atoms with Crippen LogP contribution in [-0.2, 0) is 4.79 Å². The van der Waals surface area contributed by atoms with Gasteiger partial charge in [0.15, 0.2) is 0 Å². The van der Waals surface area contributed by atoms with Crippen molar-refractivity contribution in [2.75, 3.05) is 52.4 Å². The van der Waals surface area contributed by atoms with Gasteiger partial charge in [0.1, 0.15) is 0 Å². The van der Waals surface area contributed by atoms with Crippen molar-refractivity contribution in [3.8, 4) is 0 Å². The van der Waals surface area contributed by atoms with E-state index in [2.05, 4.69) is 22.0 Å². The fraction of sp³-hybridized carbons (Fsp3) is 0.900. The number of rotatable bonds is 5. The summed E-state index contributed by atoms with van der Waals surface area (Å²) in [5.41, 5.74) is 5.20. The molecule has 5 heteroatoms. The van der Waals surface area contributed by atoms with Crippen molar-refractivity contribution in [1.29, 1.82) is 0 Å². The van der Waals surface area contributed by atoms with E-state index in [1.165, 1.54) is 0 Å². The average Bonchev–Trinajstić information content (AvgIpc) is 2.29. The Bertz CT molecular complexity index is 190. The van der Waals surface area contributed by atoms with Crippen molar-refractivity contribution >= 4 is 5.91 Å². The molecular formula is C10H22N4O. The van der Waals surface area contributed by atoms with Gasteiger partial charge in [-0.25, -0.2) is 0 Å². The van der Waals surface area contributed by atoms with Crippen LogP contribution in [0.15, 0.2) is 0 Å². The number of amides is 1. The molecular weight excluding hydrogens is 192 g/mol. The van der Waals surface area contributed by atoms with Gasteiger partial charge >= 0.3 is 0 Å². The first-order valence-electron chi connectivity index (χ1n) is 5.67. The highest BCUT2D eigenvalue weighted by Crippen LogP contribution is 1.99. The highest BCUT2D eigenvalue weighted by molar-refractivity contribution is 5.77. The fourth-order valence-electron chi connectivity index (χ4n) is 1.75. The predicted molar refractivity (Wildman–Crippen MR) is 60.6 cm³/mol. The minimum absolute atomic E-state index is 0.0674. The maximum absolute atomic E-state index is 10.9. The van der Waals surface area contributed by atoms with Crippen LogP contribution in [0.2, 0.25) is 0 Å². The standard InChI is InChI=1S/C10H22N4O/c1-2-13-5-7-14(8-6-13)4-3-12-10(15)9-11/h2-9,11H2,1H3,(H,12,15). The summed E-state index contributed by atoms with van der Waals surface area (Å²) in [4.78, 5) is 15.7. The number of carbonyl (C=O) groups excluding carboxylic acids is 1. The smallest absolute Gasteiger partial charge is 0.233 e. The van der Waals surface area contributed by atoms with Crippen LogP contribution in [0.4, 0.5) is 0 Å². The molecule has 1 amide bonds. The van der Waals surface area contributed by atoms with Crippen LogP contribution in [-0.4, -0.2) is 68.1 Å². The molecule has 88 valence electrons. The highest BCUT2D eigenvalue weighted by Gasteiger charge is 2.14. The van der Waals surface area contributed by atoms with Crippen molar-refractivity contribution in [2.45, 2.75) is 6.92 Å². The topological polar surface area (TPSA) is 61.6 Å². The Morgan fingerprint density at radius 3 is 2.40 bits per heavy atom. The normalized spacial score (nSPS) is 19.1. The monoisotopic (exact) mass is 214 g/mol. The number of nitrogens with two attached hydrogens (primary N) is 1. The second-order valence-electron chi connectivity index (χ2n) is 3.83. The maximum atomic E-state index is 10.9. The van der Waals surface area contributed by atoms with E-state index in [4.69, 9.17) is 5.73 Å². The van der Waals surface area contributed by atoms with Gasteiger partial charge in [-0.3, -0.25) is 9.69 Å². The summed E-state index contributed by atoms with van der Waals surface area (Å²) in [6.07, 6.45) is 0. The van der Waals surface area contributed by atoms with E-state index in [1.54, 1.807) is 0 Å². The molecule has 0 aliphatic carbocycles. The molecule has 0 spiro atoms. The van der Waals surface area contributed by atoms with Crippen molar-refractivity contribution < 1.29 is 4.79 Å². The summed E-state index contributed by atoms with van der Waals surface area (Å²) in [5, 5.41) is 2.79. The number of likely N-dealkylation sites (N-methyl/N-ethyl adjacent to an activating group) is 1. The Kier molecular flexibility index (Phi) is 5.60. The van der Waals surface area contributed by atoms with Crippen LogP contribution in [0.3, 0.4) is 0 Å². The van der Waals surface area contributed by atoms with E-state index in [-0.39, 0.29) is 12.5 Å². The number of nitrogens with zero attached hydrogens (tertiary/aromatic N) is 2. The lowest BCUT2D eigenvalue weighted by atomic mass is 10.3. The number of hydrogen-bond donors (Lipinski definition) is 2. The zero-order valence-corrected chi connectivity index (χ0v) is 9.54. The highest BCUT2D eigenvalue weighted by atomic mass is 16.1. The number of nitrogens with one attached hydrogen (secondary N) is 1. The number of carbonyl (C=O) groups is 1. The maximum Gasteiger partial charge on any atom is 0.233 e. The second kappa shape index (κ2) is 6.76. The van der Waals surface area contributed by atoms with E-state index in [9.17, 15) is 4.79 Å². The van der Waals surface area contributed by atoms with Gasteiger partial charge in [-0.1, -0.05) is 6.92 Å². The molecule has 1 fully saturated rings. The quantitative estimate of drug-likeness (QED) is 0.597. The summed E-state index contributed by atoms with van der Waals surface area (Å²) in [7, 11) is 0. The zero-order valence-electron chi connectivity index (χ0n) is 9.54. The Morgan fingerprint density at radius 2 is 1.87 bits per heavy atom. The van der Waals surface area contributed by atoms with Gasteiger partial charge in [0, 0.05) is 39.3 Å². The summed E-state index contributed by atoms with van der Waals surface area (Å²) < 4.78 is 0. The van der Waals surface area contributed by atoms with Gasteiger partial charge in [0.2, 0.25) is 5.91 Å². The Balaban J connectivity index is 2.06. The van der Waals surface area contributed by atoms with E-state index in [1.807, 2.05) is 0 Å². The average molecular weight is 214 g/mol. The largest absolute Gasteiger partial charge is 0.354 e. The Morgan fingerprint density at radius 1 is 1.27 bits per heavy atom. The Labute approximate surface area is 91.6 Å². The minimum atomic E-state index is -0.0674. The molecule has 0 radical (unpaired) electrons. The molecule has 1 aliphatic heterocycles. The lowest BCUT2D eigenvalue weighted by Crippen LogP contribution is -2.48. The third-order valence-corrected chi connectivity index (χ3v) is 2.85. The molecule has 1 aliphatic rings. The minimum Gasteiger partial charge on any atom is -0.354 e. The molecule has 0 aromatic rings. The Hall–Kier alpha value is -0.650. The van der Waals surface area contributed by atoms with Crippen LogP contribution in [0.25, 0.3) is 0 Å². The van der Waals surface area contributed by atoms with Gasteiger partial charge in [-0.05, 0) is 6.54 Å². The first kappa shape index (κ1) is 12.4. The van der Waals surface area contributed by atoms with Crippen molar-refractivity contribution in [1.82, 2.24) is 15.1 Å². The molecule has 0 unspecified atom stereocenters. The third kappa shape index (κ3) is 4.59. The van der Waals surface area contributed by atoms with Gasteiger partial charge < -0.3 is 16.0 Å². The molecule has 15 heavy (non-hydrogen) atoms. The molecule has 0 saturated carbocycles. The molecule has 0 atom stereocenters. The van der Waals surface area contributed by atoms with Gasteiger partial charge in [0.05, 0.1) is 6.54 Å². The number of hydrogen-bond acceptors (Lipinski definition) is 4. The number of piperazine rings is 1. The first-order valence-corrected chi connectivity index (χ1v) is 5.67. The molecule has 0 bridgehead atoms. The molecule has 0 aromatic heterocycles. The van der Waals surface area contributed by atoms with E-state index < -0.39 is 0 Å². The summed E-state index contributed by atoms with van der Waals surface area (Å²) >= 11 is 0. The van der Waals surface area contributed by atoms with Crippen LogP contribution in [0.5, 0.6) is 0 Å². The summed E-state index contributed by atoms with van der Waals surface area (Å²) in [6.45, 7) is 9.55. The van der Waals surface area contributed by atoms with Crippen LogP contribution in [0.1, 0.15) is 6.92 Å². The molecule has 1 rings (SSSR count). The molecule has 1 heterocycles. The SMILES string of the molecule is CCN1CCN(CCNC(=O)CN)CC1. The summed E-state index contributed by atoms with van der Waals surface area (Å²) in [5.74, 6) is -0.0674. The van der Waals surface area contributed by atoms with E-state index >= 15 is 0 Å². The van der Waals surface area contributed by atoms with Gasteiger partial charge in [0.25, 0.3) is 0 Å². The van der Waals surface area contributed by atoms with Gasteiger partial charge in [-0.15, -0.1) is 0 Å². The lowest BCUT2D eigenvalue weighted by molar-refractivity contribution is -0.119. The van der Waals surface area contributed by atoms with Crippen LogP contribution >= 0.6 is 0 Å². The van der Waals surface area contributed by atoms with Crippen molar-refractivity contribution in [3.05, 3.63) is 0 Å². The second-order valence-corrected chi connectivity index (χ2v) is 3.83. The van der Waals surface area contributed by atoms with Gasteiger partial charge in [-0.2, -0.15) is 0 Å². The summed E-state index contributed by atoms with van der Waals surface area (Å²) in [6, 6.07) is 0. The molecule has 0 aromatic carbocycles. The van der Waals surface area contributed by atoms with Crippen LogP contribution < -0.4 is 11.1 Å². The third-order valence-electron chi connectivity index (χ3n) is 2.85. The molecule has 5 nitrogen and oxygen atoms in total. The van der Waals surface area contributed by atoms with Crippen molar-refractivity contribution in [3.63, 3.8) is 0 Å². The zero-order chi connectivity index (χ0) is 11.1. The lowest BCUT2D eigenvalue weighted by Gasteiger charge is -2.33. The molecule has 1 saturated heterocycles. The fourth-order valence-corrected chi connectivity index (χ4v) is 1.75. The molecule has 3 N–H and O–H groups in total. The van der Waals surface area contributed by atoms with E-state index in [0.717, 1.165) is 39.3 Å². The predicted octanol–water partition coefficient (Wildman–Crippen LogP) is -1.30. The van der Waals surface area contributed by atoms with Crippen molar-refractivity contribution in [2.24, 2.45) is 5.73 Å². The first-order chi connectivity index (χ1) is 7.26. The van der Waals surface area contributed by atoms with E-state index in [0.29, 0.717) is 6.54 Å².